The molecule has 1 aromatic rings. The second kappa shape index (κ2) is 5.73. The van der Waals surface area contributed by atoms with Crippen LogP contribution in [0.4, 0.5) is 23.7 Å². The second-order valence-electron chi connectivity index (χ2n) is 5.36. The van der Waals surface area contributed by atoms with Gasteiger partial charge in [0.05, 0.1) is 11.7 Å². The summed E-state index contributed by atoms with van der Waals surface area (Å²) >= 11 is 0. The van der Waals surface area contributed by atoms with Gasteiger partial charge >= 0.3 is 12.3 Å². The Morgan fingerprint density at radius 3 is 2.74 bits per heavy atom. The van der Waals surface area contributed by atoms with Crippen LogP contribution in [0.5, 0.6) is 0 Å². The molecule has 124 valence electrons. The predicted octanol–water partition coefficient (Wildman–Crippen LogP) is 1.72. The highest BCUT2D eigenvalue weighted by Crippen LogP contribution is 2.38. The van der Waals surface area contributed by atoms with E-state index >= 15 is 0 Å². The summed E-state index contributed by atoms with van der Waals surface area (Å²) in [7, 11) is 0. The Balaban J connectivity index is 1.97. The summed E-state index contributed by atoms with van der Waals surface area (Å²) in [5.41, 5.74) is 1.73. The van der Waals surface area contributed by atoms with Gasteiger partial charge in [-0.3, -0.25) is 0 Å². The first-order valence-corrected chi connectivity index (χ1v) is 6.98. The second-order valence-corrected chi connectivity index (χ2v) is 5.36. The van der Waals surface area contributed by atoms with E-state index in [1.807, 2.05) is 0 Å². The lowest BCUT2D eigenvalue weighted by molar-refractivity contribution is -0.137. The number of hydrogen-bond donors (Lipinski definition) is 2. The Morgan fingerprint density at radius 2 is 2.17 bits per heavy atom. The number of aliphatic hydroxyl groups excluding tert-OH is 1. The molecule has 2 heterocycles. The van der Waals surface area contributed by atoms with E-state index in [-0.39, 0.29) is 30.1 Å². The van der Waals surface area contributed by atoms with Gasteiger partial charge < -0.3 is 14.7 Å². The molecular formula is C14H14F3N3O3. The smallest absolute Gasteiger partial charge is 0.428 e. The lowest BCUT2D eigenvalue weighted by Gasteiger charge is -2.24. The van der Waals surface area contributed by atoms with E-state index in [4.69, 9.17) is 4.74 Å². The zero-order chi connectivity index (χ0) is 16.6. The molecule has 1 aromatic carbocycles. The van der Waals surface area contributed by atoms with Crippen LogP contribution in [0, 0.1) is 0 Å². The zero-order valence-electron chi connectivity index (χ0n) is 11.9. The molecule has 0 radical (unpaired) electrons. The van der Waals surface area contributed by atoms with E-state index in [1.54, 1.807) is 0 Å². The number of nitrogens with one attached hydrogen (secondary N) is 1. The van der Waals surface area contributed by atoms with Crippen molar-refractivity contribution in [3.8, 4) is 0 Å². The highest BCUT2D eigenvalue weighted by atomic mass is 19.4. The van der Waals surface area contributed by atoms with Gasteiger partial charge in [0.15, 0.2) is 0 Å². The van der Waals surface area contributed by atoms with E-state index in [2.05, 4.69) is 10.5 Å². The molecule has 0 spiro atoms. The minimum atomic E-state index is -4.54. The first-order chi connectivity index (χ1) is 10.8. The van der Waals surface area contributed by atoms with Crippen LogP contribution in [0.3, 0.4) is 0 Å². The fourth-order valence-electron chi connectivity index (χ4n) is 2.64. The van der Waals surface area contributed by atoms with Crippen LogP contribution in [0.25, 0.3) is 0 Å². The first kappa shape index (κ1) is 15.6. The third kappa shape index (κ3) is 3.24. The fraction of sp³-hybridized carbons (Fsp3) is 0.429. The number of carbonyl (C=O) groups excluding carboxylic acids is 1. The highest BCUT2D eigenvalue weighted by Gasteiger charge is 2.37. The number of rotatable bonds is 2. The normalized spacial score (nSPS) is 21.7. The summed E-state index contributed by atoms with van der Waals surface area (Å²) in [5.74, 6) is 0. The number of amides is 1. The number of aliphatic hydroxyl groups is 1. The van der Waals surface area contributed by atoms with Crippen molar-refractivity contribution >= 4 is 17.5 Å². The molecule has 0 aromatic heterocycles. The molecule has 0 bridgehead atoms. The Kier molecular flexibility index (Phi) is 3.88. The van der Waals surface area contributed by atoms with Crippen LogP contribution in [0.2, 0.25) is 0 Å². The zero-order valence-corrected chi connectivity index (χ0v) is 11.9. The molecule has 1 atom stereocenters. The van der Waals surface area contributed by atoms with Crippen LogP contribution in [0.1, 0.15) is 17.5 Å². The van der Waals surface area contributed by atoms with Gasteiger partial charge in [-0.1, -0.05) is 6.07 Å². The van der Waals surface area contributed by atoms with Crippen molar-refractivity contribution in [2.24, 2.45) is 5.10 Å². The van der Waals surface area contributed by atoms with Crippen molar-refractivity contribution < 1.29 is 27.8 Å². The number of alkyl halides is 3. The molecule has 1 amide bonds. The van der Waals surface area contributed by atoms with Crippen molar-refractivity contribution in [3.05, 3.63) is 29.3 Å². The Bertz CT molecular complexity index is 660. The van der Waals surface area contributed by atoms with Gasteiger partial charge in [-0.25, -0.2) is 10.2 Å². The molecule has 2 aliphatic rings. The Hall–Kier alpha value is -2.29. The number of ether oxygens (including phenoxy) is 1. The molecule has 23 heavy (non-hydrogen) atoms. The van der Waals surface area contributed by atoms with Crippen molar-refractivity contribution in [3.63, 3.8) is 0 Å². The van der Waals surface area contributed by atoms with Gasteiger partial charge in [-0.15, -0.1) is 0 Å². The SMILES string of the molecule is O=C1NN=C(c2ccc(N3CC[C@H](O)C3)c(C(F)(F)F)c2)CO1. The largest absolute Gasteiger partial charge is 0.442 e. The third-order valence-electron chi connectivity index (χ3n) is 3.76. The summed E-state index contributed by atoms with van der Waals surface area (Å²) < 4.78 is 44.8. The van der Waals surface area contributed by atoms with Crippen molar-refractivity contribution in [1.29, 1.82) is 0 Å². The average Bonchev–Trinajstić information content (AvgIpc) is 2.93. The van der Waals surface area contributed by atoms with Crippen molar-refractivity contribution in [1.82, 2.24) is 5.43 Å². The summed E-state index contributed by atoms with van der Waals surface area (Å²) in [6.07, 6.45) is -5.47. The van der Waals surface area contributed by atoms with E-state index < -0.39 is 23.9 Å². The van der Waals surface area contributed by atoms with Crippen LogP contribution in [-0.2, 0) is 10.9 Å². The predicted molar refractivity (Wildman–Crippen MR) is 75.3 cm³/mol. The molecule has 0 aliphatic carbocycles. The molecule has 0 unspecified atom stereocenters. The quantitative estimate of drug-likeness (QED) is 0.866. The number of β-amino-alcohol motifs (C(OH)–C–C–N with tert-alkyl or cyclic N) is 1. The average molecular weight is 329 g/mol. The minimum Gasteiger partial charge on any atom is -0.442 e. The Labute approximate surface area is 129 Å². The standard InChI is InChI=1S/C14H14F3N3O3/c15-14(16,17)10-5-8(11-7-23-13(22)19-18-11)1-2-12(10)20-4-3-9(21)6-20/h1-2,5,9,21H,3-4,6-7H2,(H,19,22)/t9-/m0/s1. The topological polar surface area (TPSA) is 74.2 Å². The molecule has 2 aliphatic heterocycles. The summed E-state index contributed by atoms with van der Waals surface area (Å²) in [5, 5.41) is 13.3. The summed E-state index contributed by atoms with van der Waals surface area (Å²) in [4.78, 5) is 12.4. The number of cyclic esters (lactones) is 1. The van der Waals surface area contributed by atoms with Crippen LogP contribution in [-0.4, -0.2) is 42.7 Å². The van der Waals surface area contributed by atoms with E-state index in [0.717, 1.165) is 6.07 Å². The van der Waals surface area contributed by atoms with E-state index in [1.165, 1.54) is 17.0 Å². The fourth-order valence-corrected chi connectivity index (χ4v) is 2.64. The number of hydrogen-bond acceptors (Lipinski definition) is 5. The van der Waals surface area contributed by atoms with Gasteiger partial charge in [0.25, 0.3) is 0 Å². The van der Waals surface area contributed by atoms with Crippen LogP contribution >= 0.6 is 0 Å². The van der Waals surface area contributed by atoms with Gasteiger partial charge in [-0.05, 0) is 18.6 Å². The van der Waals surface area contributed by atoms with Crippen LogP contribution in [0.15, 0.2) is 23.3 Å². The summed E-state index contributed by atoms with van der Waals surface area (Å²) in [6.45, 7) is 0.344. The Morgan fingerprint density at radius 1 is 1.39 bits per heavy atom. The van der Waals surface area contributed by atoms with Crippen LogP contribution < -0.4 is 10.3 Å². The maximum Gasteiger partial charge on any atom is 0.428 e. The van der Waals surface area contributed by atoms with E-state index in [0.29, 0.717) is 13.0 Å². The lowest BCUT2D eigenvalue weighted by atomic mass is 10.0. The molecule has 6 nitrogen and oxygen atoms in total. The van der Waals surface area contributed by atoms with Gasteiger partial charge in [0.2, 0.25) is 0 Å². The monoisotopic (exact) mass is 329 g/mol. The lowest BCUT2D eigenvalue weighted by Crippen LogP contribution is -2.31. The molecule has 1 saturated heterocycles. The molecule has 0 saturated carbocycles. The van der Waals surface area contributed by atoms with Gasteiger partial charge in [-0.2, -0.15) is 18.3 Å². The number of hydrazone groups is 1. The molecule has 1 fully saturated rings. The molecular weight excluding hydrogens is 315 g/mol. The van der Waals surface area contributed by atoms with E-state index in [9.17, 15) is 23.1 Å². The van der Waals surface area contributed by atoms with Crippen molar-refractivity contribution in [2.45, 2.75) is 18.7 Å². The number of anilines is 1. The number of halogens is 3. The maximum atomic E-state index is 13.4. The summed E-state index contributed by atoms with van der Waals surface area (Å²) in [6, 6.07) is 3.84. The van der Waals surface area contributed by atoms with Crippen molar-refractivity contribution in [2.75, 3.05) is 24.6 Å². The third-order valence-corrected chi connectivity index (χ3v) is 3.76. The van der Waals surface area contributed by atoms with Gasteiger partial charge in [0, 0.05) is 24.3 Å². The highest BCUT2D eigenvalue weighted by molar-refractivity contribution is 6.04. The molecule has 9 heteroatoms. The molecule has 3 rings (SSSR count). The minimum absolute atomic E-state index is 0.0270. The van der Waals surface area contributed by atoms with Gasteiger partial charge in [0.1, 0.15) is 12.3 Å². The number of benzene rings is 1. The maximum absolute atomic E-state index is 13.4. The first-order valence-electron chi connectivity index (χ1n) is 6.98. The number of carbonyl (C=O) groups is 1. The molecule has 2 N–H and O–H groups in total. The number of nitrogens with zero attached hydrogens (tertiary/aromatic N) is 2.